The molecule has 2 radical (unpaired) electrons. The number of hydrogen-bond acceptors (Lipinski definition) is 1. The molecule has 0 fully saturated rings. The van der Waals surface area contributed by atoms with Gasteiger partial charge in [-0.15, -0.1) is 0 Å². The van der Waals surface area contributed by atoms with Gasteiger partial charge in [0.05, 0.1) is 21.9 Å². The molecule has 0 aromatic carbocycles. The molecule has 1 aliphatic rings. The lowest BCUT2D eigenvalue weighted by Gasteiger charge is -1.99. The second-order valence-electron chi connectivity index (χ2n) is 1.60. The zero-order chi connectivity index (χ0) is 6.69. The number of hydrogen-bond donors (Lipinski definition) is 0. The Morgan fingerprint density at radius 2 is 2.00 bits per heavy atom. The van der Waals surface area contributed by atoms with Crippen LogP contribution in [0.2, 0.25) is 0 Å². The summed E-state index contributed by atoms with van der Waals surface area (Å²) >= 11 is 2.91. The summed E-state index contributed by atoms with van der Waals surface area (Å²) in [7, 11) is 0. The Balaban J connectivity index is 2.91. The standard InChI is InChI=1S/C7H4BrN/c1-6-4-2-3-5-7(6)9-8/h2-5H/b9-7-. The first kappa shape index (κ1) is 6.49. The van der Waals surface area contributed by atoms with Gasteiger partial charge in [-0.2, -0.15) is 0 Å². The predicted octanol–water partition coefficient (Wildman–Crippen LogP) is 2.10. The molecule has 0 aromatic rings. The second kappa shape index (κ2) is 2.78. The molecule has 0 atom stereocenters. The molecule has 44 valence electrons. The van der Waals surface area contributed by atoms with E-state index in [1.807, 2.05) is 12.2 Å². The van der Waals surface area contributed by atoms with E-state index >= 15 is 0 Å². The number of rotatable bonds is 0. The molecule has 0 bridgehead atoms. The minimum Gasteiger partial charge on any atom is -0.207 e. The van der Waals surface area contributed by atoms with Gasteiger partial charge in [0.15, 0.2) is 0 Å². The first-order chi connectivity index (χ1) is 4.34. The lowest BCUT2D eigenvalue weighted by atomic mass is 10.1. The summed E-state index contributed by atoms with van der Waals surface area (Å²) in [6.07, 6.45) is 7.12. The quantitative estimate of drug-likeness (QED) is 0.543. The summed E-state index contributed by atoms with van der Waals surface area (Å²) < 4.78 is 3.70. The normalized spacial score (nSPS) is 21.4. The Morgan fingerprint density at radius 1 is 1.33 bits per heavy atom. The van der Waals surface area contributed by atoms with Crippen molar-refractivity contribution in [3.63, 3.8) is 0 Å². The average Bonchev–Trinajstić information content (AvgIpc) is 1.89. The molecule has 1 nitrogen and oxygen atoms in total. The van der Waals surface area contributed by atoms with Gasteiger partial charge in [-0.05, 0) is 6.08 Å². The third-order valence-corrected chi connectivity index (χ3v) is 1.38. The van der Waals surface area contributed by atoms with Crippen LogP contribution in [0.4, 0.5) is 0 Å². The first-order valence-corrected chi connectivity index (χ1v) is 3.18. The van der Waals surface area contributed by atoms with Crippen molar-refractivity contribution in [1.29, 1.82) is 0 Å². The smallest absolute Gasteiger partial charge is 0.0792 e. The van der Waals surface area contributed by atoms with Crippen molar-refractivity contribution >= 4 is 21.9 Å². The molecule has 0 aliphatic heterocycles. The summed E-state index contributed by atoms with van der Waals surface area (Å²) in [6, 6.07) is 0. The third kappa shape index (κ3) is 1.39. The topological polar surface area (TPSA) is 12.4 Å². The Bertz CT molecular complexity index is 211. The van der Waals surface area contributed by atoms with Crippen LogP contribution in [0, 0.1) is 6.58 Å². The monoisotopic (exact) mass is 181 g/mol. The fraction of sp³-hybridized carbons (Fsp3) is 0. The lowest BCUT2D eigenvalue weighted by Crippen LogP contribution is -1.95. The van der Waals surface area contributed by atoms with Crippen molar-refractivity contribution in [2.45, 2.75) is 0 Å². The second-order valence-corrected chi connectivity index (χ2v) is 1.96. The van der Waals surface area contributed by atoms with E-state index in [1.165, 1.54) is 0 Å². The van der Waals surface area contributed by atoms with E-state index < -0.39 is 0 Å². The SMILES string of the molecule is [C]=C1C=CC=C/C1=N/Br. The number of allylic oxidation sites excluding steroid dienone is 5. The molecular weight excluding hydrogens is 178 g/mol. The van der Waals surface area contributed by atoms with Crippen LogP contribution < -0.4 is 0 Å². The van der Waals surface area contributed by atoms with Gasteiger partial charge in [0.25, 0.3) is 0 Å². The van der Waals surface area contributed by atoms with Crippen LogP contribution in [0.15, 0.2) is 33.9 Å². The Hall–Kier alpha value is -0.630. The maximum absolute atomic E-state index is 7.25. The van der Waals surface area contributed by atoms with E-state index in [1.54, 1.807) is 12.2 Å². The highest BCUT2D eigenvalue weighted by Gasteiger charge is 1.98. The molecular formula is C7H4BrN. The van der Waals surface area contributed by atoms with Gasteiger partial charge >= 0.3 is 0 Å². The Kier molecular flexibility index (Phi) is 2.01. The van der Waals surface area contributed by atoms with Crippen LogP contribution in [0.25, 0.3) is 0 Å². The molecule has 0 heterocycles. The molecule has 0 aromatic heterocycles. The molecule has 1 aliphatic carbocycles. The van der Waals surface area contributed by atoms with E-state index in [-0.39, 0.29) is 0 Å². The van der Waals surface area contributed by atoms with E-state index in [0.29, 0.717) is 11.3 Å². The van der Waals surface area contributed by atoms with Crippen molar-refractivity contribution in [3.05, 3.63) is 36.5 Å². The minimum atomic E-state index is 0.439. The predicted molar refractivity (Wildman–Crippen MR) is 41.4 cm³/mol. The molecule has 0 amide bonds. The Labute approximate surface area is 62.8 Å². The highest BCUT2D eigenvalue weighted by Crippen LogP contribution is 2.06. The van der Waals surface area contributed by atoms with Gasteiger partial charge in [0.1, 0.15) is 0 Å². The van der Waals surface area contributed by atoms with Gasteiger partial charge in [0.2, 0.25) is 0 Å². The maximum atomic E-state index is 7.25. The molecule has 0 spiro atoms. The minimum absolute atomic E-state index is 0.439. The molecule has 2 heteroatoms. The van der Waals surface area contributed by atoms with E-state index in [4.69, 9.17) is 6.58 Å². The molecule has 0 unspecified atom stereocenters. The van der Waals surface area contributed by atoms with E-state index in [0.717, 1.165) is 0 Å². The van der Waals surface area contributed by atoms with Gasteiger partial charge in [-0.3, -0.25) is 0 Å². The third-order valence-electron chi connectivity index (χ3n) is 0.995. The fourth-order valence-corrected chi connectivity index (χ4v) is 0.857. The van der Waals surface area contributed by atoms with Crippen LogP contribution >= 0.6 is 16.1 Å². The van der Waals surface area contributed by atoms with Gasteiger partial charge < -0.3 is 0 Å². The highest BCUT2D eigenvalue weighted by molar-refractivity contribution is 9.08. The first-order valence-electron chi connectivity index (χ1n) is 2.47. The van der Waals surface area contributed by atoms with Gasteiger partial charge in [-0.1, -0.05) is 18.2 Å². The van der Waals surface area contributed by atoms with Gasteiger partial charge in [-0.25, -0.2) is 4.02 Å². The summed E-state index contributed by atoms with van der Waals surface area (Å²) in [5.74, 6) is 0. The highest BCUT2D eigenvalue weighted by atomic mass is 79.9. The summed E-state index contributed by atoms with van der Waals surface area (Å²) in [5.41, 5.74) is 1.10. The van der Waals surface area contributed by atoms with Crippen molar-refractivity contribution < 1.29 is 0 Å². The number of nitrogens with zero attached hydrogens (tertiary/aromatic N) is 1. The van der Waals surface area contributed by atoms with Gasteiger partial charge in [0, 0.05) is 12.2 Å². The molecule has 1 rings (SSSR count). The van der Waals surface area contributed by atoms with Crippen molar-refractivity contribution in [3.8, 4) is 0 Å². The number of halogens is 1. The Morgan fingerprint density at radius 3 is 2.44 bits per heavy atom. The van der Waals surface area contributed by atoms with Crippen molar-refractivity contribution in [2.24, 2.45) is 4.02 Å². The van der Waals surface area contributed by atoms with Crippen LogP contribution in [0.5, 0.6) is 0 Å². The average molecular weight is 182 g/mol. The van der Waals surface area contributed by atoms with Crippen LogP contribution in [-0.2, 0) is 0 Å². The zero-order valence-electron chi connectivity index (χ0n) is 4.63. The molecule has 9 heavy (non-hydrogen) atoms. The van der Waals surface area contributed by atoms with Crippen LogP contribution in [-0.4, -0.2) is 5.71 Å². The maximum Gasteiger partial charge on any atom is 0.0792 e. The summed E-state index contributed by atoms with van der Waals surface area (Å²) in [5, 5.41) is 0. The zero-order valence-corrected chi connectivity index (χ0v) is 6.22. The van der Waals surface area contributed by atoms with Crippen LogP contribution in [0.3, 0.4) is 0 Å². The molecule has 0 N–H and O–H groups in total. The summed E-state index contributed by atoms with van der Waals surface area (Å²) in [4.78, 5) is 0. The summed E-state index contributed by atoms with van der Waals surface area (Å²) in [6.45, 7) is 7.25. The lowest BCUT2D eigenvalue weighted by molar-refractivity contribution is 1.71. The van der Waals surface area contributed by atoms with E-state index in [2.05, 4.69) is 20.2 Å². The van der Waals surface area contributed by atoms with E-state index in [9.17, 15) is 0 Å². The fourth-order valence-electron chi connectivity index (χ4n) is 0.547. The van der Waals surface area contributed by atoms with Crippen molar-refractivity contribution in [2.75, 3.05) is 0 Å². The molecule has 0 saturated carbocycles. The molecule has 0 saturated heterocycles. The van der Waals surface area contributed by atoms with Crippen molar-refractivity contribution in [1.82, 2.24) is 0 Å². The largest absolute Gasteiger partial charge is 0.207 e. The van der Waals surface area contributed by atoms with Crippen LogP contribution in [0.1, 0.15) is 0 Å².